The first-order valence-corrected chi connectivity index (χ1v) is 12.0. The number of rotatable bonds is 4. The number of allylic oxidation sites excluding steroid dienone is 1. The molecular weight excluding hydrogens is 460 g/mol. The van der Waals surface area contributed by atoms with E-state index in [-0.39, 0.29) is 5.91 Å². The van der Waals surface area contributed by atoms with Gasteiger partial charge < -0.3 is 4.90 Å². The summed E-state index contributed by atoms with van der Waals surface area (Å²) in [6, 6.07) is 16.6. The van der Waals surface area contributed by atoms with E-state index in [1.807, 2.05) is 36.2 Å². The second kappa shape index (κ2) is 10.3. The molecule has 0 bridgehead atoms. The summed E-state index contributed by atoms with van der Waals surface area (Å²) in [6.45, 7) is 7.22. The first-order chi connectivity index (χ1) is 15.5. The summed E-state index contributed by atoms with van der Waals surface area (Å²) in [7, 11) is 0. The van der Waals surface area contributed by atoms with Crippen LogP contribution in [0.25, 0.3) is 0 Å². The minimum atomic E-state index is 0.140. The molecule has 0 spiro atoms. The fourth-order valence-electron chi connectivity index (χ4n) is 4.55. The van der Waals surface area contributed by atoms with Crippen LogP contribution in [0.5, 0.6) is 0 Å². The highest BCUT2D eigenvalue weighted by Gasteiger charge is 2.30. The lowest BCUT2D eigenvalue weighted by molar-refractivity contribution is -0.125. The van der Waals surface area contributed by atoms with Crippen LogP contribution in [0.4, 0.5) is 0 Å². The topological polar surface area (TPSA) is 23.6 Å². The van der Waals surface area contributed by atoms with E-state index < -0.39 is 0 Å². The van der Waals surface area contributed by atoms with Crippen molar-refractivity contribution in [2.75, 3.05) is 13.1 Å². The SMILES string of the molecule is CC#Cc1cccc(CN2CCC3=C(C2)C(=O)N(Cc2ccc(Br)cc2)/C=C/CC3C)c1. The van der Waals surface area contributed by atoms with Crippen molar-refractivity contribution >= 4 is 21.8 Å². The molecular formula is C28H29BrN2O. The molecule has 1 unspecified atom stereocenters. The van der Waals surface area contributed by atoms with Gasteiger partial charge in [0, 0.05) is 41.4 Å². The van der Waals surface area contributed by atoms with Crippen molar-refractivity contribution in [1.82, 2.24) is 9.80 Å². The molecule has 0 radical (unpaired) electrons. The first-order valence-electron chi connectivity index (χ1n) is 11.2. The van der Waals surface area contributed by atoms with Crippen LogP contribution in [0, 0.1) is 17.8 Å². The van der Waals surface area contributed by atoms with Gasteiger partial charge in [0.15, 0.2) is 0 Å². The smallest absolute Gasteiger partial charge is 0.255 e. The van der Waals surface area contributed by atoms with Crippen molar-refractivity contribution in [3.63, 3.8) is 0 Å². The quantitative estimate of drug-likeness (QED) is 0.499. The zero-order valence-corrected chi connectivity index (χ0v) is 20.4. The van der Waals surface area contributed by atoms with Crippen molar-refractivity contribution in [2.45, 2.75) is 39.8 Å². The van der Waals surface area contributed by atoms with Crippen molar-refractivity contribution in [2.24, 2.45) is 5.92 Å². The second-order valence-electron chi connectivity index (χ2n) is 8.62. The molecule has 0 saturated heterocycles. The number of nitrogens with zero attached hydrogens (tertiary/aromatic N) is 2. The van der Waals surface area contributed by atoms with Gasteiger partial charge in [0.1, 0.15) is 0 Å². The maximum Gasteiger partial charge on any atom is 0.255 e. The Bertz CT molecular complexity index is 1100. The molecule has 2 aromatic rings. The van der Waals surface area contributed by atoms with E-state index in [0.717, 1.165) is 47.1 Å². The summed E-state index contributed by atoms with van der Waals surface area (Å²) in [5, 5.41) is 0. The molecule has 4 heteroatoms. The van der Waals surface area contributed by atoms with Gasteiger partial charge in [0.25, 0.3) is 5.91 Å². The highest BCUT2D eigenvalue weighted by atomic mass is 79.9. The van der Waals surface area contributed by atoms with Crippen LogP contribution in [-0.2, 0) is 17.9 Å². The summed E-state index contributed by atoms with van der Waals surface area (Å²) >= 11 is 3.49. The van der Waals surface area contributed by atoms with E-state index in [1.54, 1.807) is 0 Å². The molecule has 4 rings (SSSR count). The second-order valence-corrected chi connectivity index (χ2v) is 9.54. The van der Waals surface area contributed by atoms with Crippen LogP contribution in [0.1, 0.15) is 43.4 Å². The molecule has 0 aromatic heterocycles. The molecule has 1 amide bonds. The number of benzene rings is 2. The van der Waals surface area contributed by atoms with E-state index in [4.69, 9.17) is 0 Å². The zero-order valence-electron chi connectivity index (χ0n) is 18.8. The number of hydrogen-bond acceptors (Lipinski definition) is 2. The molecule has 3 nitrogen and oxygen atoms in total. The molecule has 1 atom stereocenters. The lowest BCUT2D eigenvalue weighted by Gasteiger charge is -2.35. The largest absolute Gasteiger partial charge is 0.311 e. The van der Waals surface area contributed by atoms with Gasteiger partial charge in [-0.3, -0.25) is 9.69 Å². The maximum atomic E-state index is 13.6. The van der Waals surface area contributed by atoms with Gasteiger partial charge in [-0.25, -0.2) is 0 Å². The third kappa shape index (κ3) is 5.41. The summed E-state index contributed by atoms with van der Waals surface area (Å²) in [5.74, 6) is 6.66. The molecule has 2 aliphatic rings. The Morgan fingerprint density at radius 2 is 1.91 bits per heavy atom. The maximum absolute atomic E-state index is 13.6. The van der Waals surface area contributed by atoms with Crippen molar-refractivity contribution < 1.29 is 4.79 Å². The standard InChI is InChI=1S/C28H29BrN2O/c1-3-6-22-8-4-9-24(17-22)18-30-16-14-26-21(2)7-5-15-31(28(32)27(26)20-30)19-23-10-12-25(29)13-11-23/h4-5,8-13,15,17,21H,7,14,16,18-20H2,1-2H3/b15-5+. The highest BCUT2D eigenvalue weighted by Crippen LogP contribution is 2.31. The van der Waals surface area contributed by atoms with Crippen LogP contribution in [0.2, 0.25) is 0 Å². The van der Waals surface area contributed by atoms with Crippen molar-refractivity contribution in [3.05, 3.63) is 93.1 Å². The van der Waals surface area contributed by atoms with Gasteiger partial charge in [0.2, 0.25) is 0 Å². The Hall–Kier alpha value is -2.61. The van der Waals surface area contributed by atoms with Crippen LogP contribution in [0.15, 0.2) is 76.4 Å². The average Bonchev–Trinajstić information content (AvgIpc) is 2.79. The van der Waals surface area contributed by atoms with E-state index in [9.17, 15) is 4.79 Å². The zero-order chi connectivity index (χ0) is 22.5. The van der Waals surface area contributed by atoms with Gasteiger partial charge in [-0.1, -0.05) is 64.7 Å². The molecule has 164 valence electrons. The van der Waals surface area contributed by atoms with E-state index >= 15 is 0 Å². The summed E-state index contributed by atoms with van der Waals surface area (Å²) in [4.78, 5) is 17.9. The third-order valence-electron chi connectivity index (χ3n) is 6.22. The van der Waals surface area contributed by atoms with Gasteiger partial charge in [0.05, 0.1) is 6.54 Å². The Labute approximate surface area is 199 Å². The Balaban J connectivity index is 1.54. The fourth-order valence-corrected chi connectivity index (χ4v) is 4.82. The summed E-state index contributed by atoms with van der Waals surface area (Å²) in [6.07, 6.45) is 6.06. The average molecular weight is 489 g/mol. The minimum absolute atomic E-state index is 0.140. The van der Waals surface area contributed by atoms with Gasteiger partial charge in [-0.2, -0.15) is 0 Å². The van der Waals surface area contributed by atoms with Crippen LogP contribution in [-0.4, -0.2) is 28.8 Å². The lowest BCUT2D eigenvalue weighted by atomic mass is 9.86. The molecule has 2 heterocycles. The molecule has 2 aromatic carbocycles. The van der Waals surface area contributed by atoms with E-state index in [2.05, 4.69) is 76.0 Å². The molecule has 32 heavy (non-hydrogen) atoms. The highest BCUT2D eigenvalue weighted by molar-refractivity contribution is 9.10. The number of amides is 1. The minimum Gasteiger partial charge on any atom is -0.311 e. The molecule has 0 aliphatic carbocycles. The van der Waals surface area contributed by atoms with Crippen LogP contribution < -0.4 is 0 Å². The molecule has 0 fully saturated rings. The van der Waals surface area contributed by atoms with E-state index in [1.165, 1.54) is 11.1 Å². The summed E-state index contributed by atoms with van der Waals surface area (Å²) < 4.78 is 1.05. The number of halogens is 1. The monoisotopic (exact) mass is 488 g/mol. The number of hydrogen-bond donors (Lipinski definition) is 0. The third-order valence-corrected chi connectivity index (χ3v) is 6.75. The molecule has 0 saturated carbocycles. The number of carbonyl (C=O) groups is 1. The predicted octanol–water partition coefficient (Wildman–Crippen LogP) is 5.91. The predicted molar refractivity (Wildman–Crippen MR) is 134 cm³/mol. The van der Waals surface area contributed by atoms with Gasteiger partial charge >= 0.3 is 0 Å². The Kier molecular flexibility index (Phi) is 7.29. The van der Waals surface area contributed by atoms with Crippen molar-refractivity contribution in [1.29, 1.82) is 0 Å². The van der Waals surface area contributed by atoms with Gasteiger partial charge in [-0.05, 0) is 61.1 Å². The van der Waals surface area contributed by atoms with E-state index in [0.29, 0.717) is 19.0 Å². The van der Waals surface area contributed by atoms with Gasteiger partial charge in [-0.15, -0.1) is 5.92 Å². The van der Waals surface area contributed by atoms with Crippen LogP contribution in [0.3, 0.4) is 0 Å². The lowest BCUT2D eigenvalue weighted by Crippen LogP contribution is -2.39. The Morgan fingerprint density at radius 1 is 1.09 bits per heavy atom. The first kappa shape index (κ1) is 22.6. The summed E-state index contributed by atoms with van der Waals surface area (Å²) in [5.41, 5.74) is 5.73. The van der Waals surface area contributed by atoms with Crippen LogP contribution >= 0.6 is 15.9 Å². The number of carbonyl (C=O) groups excluding carboxylic acids is 1. The normalized spacial score (nSPS) is 20.2. The molecule has 0 N–H and O–H groups in total. The Morgan fingerprint density at radius 3 is 2.69 bits per heavy atom. The molecule has 2 aliphatic heterocycles. The fraction of sp³-hybridized carbons (Fsp3) is 0.321. The van der Waals surface area contributed by atoms with Crippen molar-refractivity contribution in [3.8, 4) is 11.8 Å².